The molecule has 27 heavy (non-hydrogen) atoms. The zero-order valence-electron chi connectivity index (χ0n) is 14.5. The summed E-state index contributed by atoms with van der Waals surface area (Å²) in [5.74, 6) is -3.48. The van der Waals surface area contributed by atoms with Crippen LogP contribution in [0.2, 0.25) is 0 Å². The van der Waals surface area contributed by atoms with Crippen molar-refractivity contribution < 1.29 is 21.6 Å². The van der Waals surface area contributed by atoms with E-state index in [-0.39, 0.29) is 11.3 Å². The molecule has 144 valence electrons. The summed E-state index contributed by atoms with van der Waals surface area (Å²) in [4.78, 5) is 4.68. The van der Waals surface area contributed by atoms with Crippen molar-refractivity contribution in [2.45, 2.75) is 30.3 Å². The lowest BCUT2D eigenvalue weighted by atomic mass is 9.77. The summed E-state index contributed by atoms with van der Waals surface area (Å²) in [6.45, 7) is 0.293. The van der Waals surface area contributed by atoms with Crippen molar-refractivity contribution in [3.63, 3.8) is 0 Å². The first kappa shape index (κ1) is 18.2. The number of aromatic nitrogens is 2. The molecule has 2 N–H and O–H groups in total. The fourth-order valence-electron chi connectivity index (χ4n) is 3.94. The highest BCUT2D eigenvalue weighted by molar-refractivity contribution is 7.90. The Hall–Kier alpha value is -2.13. The number of allylic oxidation sites excluding steroid dienone is 4. The van der Waals surface area contributed by atoms with Crippen molar-refractivity contribution in [1.82, 2.24) is 9.55 Å². The Labute approximate surface area is 154 Å². The highest BCUT2D eigenvalue weighted by Gasteiger charge is 2.38. The zero-order chi connectivity index (χ0) is 19.5. The van der Waals surface area contributed by atoms with Crippen LogP contribution in [0.1, 0.15) is 12.2 Å². The molecule has 2 heterocycles. The molecule has 2 aliphatic rings. The second kappa shape index (κ2) is 6.20. The summed E-state index contributed by atoms with van der Waals surface area (Å²) in [6.07, 6.45) is 1.66. The van der Waals surface area contributed by atoms with Gasteiger partial charge in [-0.25, -0.2) is 26.6 Å². The van der Waals surface area contributed by atoms with Gasteiger partial charge in [0.1, 0.15) is 17.5 Å². The Bertz CT molecular complexity index is 1100. The van der Waals surface area contributed by atoms with E-state index in [4.69, 9.17) is 5.73 Å². The molecule has 5 nitrogen and oxygen atoms in total. The number of hydrogen-bond acceptors (Lipinski definition) is 4. The fraction of sp³-hybridized carbons (Fsp3) is 0.389. The summed E-state index contributed by atoms with van der Waals surface area (Å²) in [7, 11) is -3.37. The number of nitrogens with two attached hydrogens (primary N) is 1. The van der Waals surface area contributed by atoms with Gasteiger partial charge < -0.3 is 10.3 Å². The standard InChI is InChI=1S/C18H18F3N3O2S/c1-27(25,26)9-2-3-16-17(4-9)24-8-15(22)11(6-18(24)23-16)10-5-13(20)14(21)7-12(10)19/h2-4,7,10-11,15H,5-6,8,22H2,1H3/t10?,11-,15?/m1/s1. The van der Waals surface area contributed by atoms with E-state index in [0.29, 0.717) is 35.9 Å². The van der Waals surface area contributed by atoms with Gasteiger partial charge in [0.2, 0.25) is 0 Å². The van der Waals surface area contributed by atoms with Crippen molar-refractivity contribution in [2.75, 3.05) is 6.26 Å². The van der Waals surface area contributed by atoms with E-state index in [9.17, 15) is 21.6 Å². The first-order valence-corrected chi connectivity index (χ1v) is 10.4. The van der Waals surface area contributed by atoms with E-state index in [1.165, 1.54) is 6.07 Å². The van der Waals surface area contributed by atoms with Crippen LogP contribution in [-0.2, 0) is 22.8 Å². The Morgan fingerprint density at radius 1 is 1.22 bits per heavy atom. The number of sulfone groups is 1. The number of imidazole rings is 1. The molecule has 1 aromatic heterocycles. The van der Waals surface area contributed by atoms with Crippen LogP contribution in [0.3, 0.4) is 0 Å². The second-order valence-electron chi connectivity index (χ2n) is 7.19. The molecule has 1 aromatic carbocycles. The fourth-order valence-corrected chi connectivity index (χ4v) is 4.58. The first-order chi connectivity index (χ1) is 12.6. The van der Waals surface area contributed by atoms with Crippen LogP contribution >= 0.6 is 0 Å². The molecule has 4 rings (SSSR count). The molecule has 0 saturated carbocycles. The van der Waals surface area contributed by atoms with Crippen LogP contribution in [-0.4, -0.2) is 30.3 Å². The predicted molar refractivity (Wildman–Crippen MR) is 94.6 cm³/mol. The van der Waals surface area contributed by atoms with Crippen LogP contribution in [0.25, 0.3) is 11.0 Å². The molecule has 2 unspecified atom stereocenters. The van der Waals surface area contributed by atoms with Gasteiger partial charge in [-0.1, -0.05) is 0 Å². The Balaban J connectivity index is 1.72. The van der Waals surface area contributed by atoms with E-state index in [2.05, 4.69) is 4.98 Å². The topological polar surface area (TPSA) is 78.0 Å². The molecule has 0 bridgehead atoms. The number of benzene rings is 1. The van der Waals surface area contributed by atoms with E-state index in [1.807, 2.05) is 4.57 Å². The van der Waals surface area contributed by atoms with Crippen LogP contribution in [0, 0.1) is 11.8 Å². The lowest BCUT2D eigenvalue weighted by molar-refractivity contribution is 0.217. The quantitative estimate of drug-likeness (QED) is 0.845. The SMILES string of the molecule is CS(=O)(=O)c1ccc2nc3n(c2c1)CC(N)[C@@H](C1CC(F)=C(F)C=C1F)C3. The summed E-state index contributed by atoms with van der Waals surface area (Å²) in [5, 5.41) is 0. The van der Waals surface area contributed by atoms with Crippen molar-refractivity contribution in [2.24, 2.45) is 17.6 Å². The number of halogens is 3. The minimum atomic E-state index is -3.37. The molecule has 1 aliphatic heterocycles. The maximum absolute atomic E-state index is 14.3. The van der Waals surface area contributed by atoms with Gasteiger partial charge in [-0.2, -0.15) is 0 Å². The third-order valence-electron chi connectivity index (χ3n) is 5.38. The highest BCUT2D eigenvalue weighted by Crippen LogP contribution is 2.40. The molecular formula is C18H18F3N3O2S. The predicted octanol–water partition coefficient (Wildman–Crippen LogP) is 2.96. The number of nitrogens with zero attached hydrogens (tertiary/aromatic N) is 2. The highest BCUT2D eigenvalue weighted by atomic mass is 32.2. The molecule has 0 radical (unpaired) electrons. The monoisotopic (exact) mass is 397 g/mol. The Kier molecular flexibility index (Phi) is 4.19. The minimum absolute atomic E-state index is 0.178. The van der Waals surface area contributed by atoms with Gasteiger partial charge in [0.25, 0.3) is 0 Å². The van der Waals surface area contributed by atoms with Crippen LogP contribution in [0.4, 0.5) is 13.2 Å². The summed E-state index contributed by atoms with van der Waals surface area (Å²) >= 11 is 0. The van der Waals surface area contributed by atoms with Crippen molar-refractivity contribution >= 4 is 20.9 Å². The molecule has 2 aromatic rings. The molecule has 0 amide bonds. The van der Waals surface area contributed by atoms with Gasteiger partial charge in [-0.05, 0) is 24.1 Å². The summed E-state index contributed by atoms with van der Waals surface area (Å²) in [5.41, 5.74) is 7.50. The molecule has 3 atom stereocenters. The average Bonchev–Trinajstić information content (AvgIpc) is 2.93. The normalized spacial score (nSPS) is 26.3. The minimum Gasteiger partial charge on any atom is -0.326 e. The maximum Gasteiger partial charge on any atom is 0.175 e. The molecule has 0 spiro atoms. The van der Waals surface area contributed by atoms with Gasteiger partial charge in [-0.3, -0.25) is 0 Å². The van der Waals surface area contributed by atoms with Crippen LogP contribution in [0.5, 0.6) is 0 Å². The van der Waals surface area contributed by atoms with Crippen molar-refractivity contribution in [3.8, 4) is 0 Å². The Morgan fingerprint density at radius 2 is 1.96 bits per heavy atom. The first-order valence-electron chi connectivity index (χ1n) is 8.51. The number of rotatable bonds is 2. The van der Waals surface area contributed by atoms with E-state index < -0.39 is 45.2 Å². The van der Waals surface area contributed by atoms with Crippen molar-refractivity contribution in [1.29, 1.82) is 0 Å². The molecule has 9 heteroatoms. The maximum atomic E-state index is 14.3. The molecule has 1 aliphatic carbocycles. The summed E-state index contributed by atoms with van der Waals surface area (Å²) in [6, 6.07) is 4.15. The molecular weight excluding hydrogens is 379 g/mol. The van der Waals surface area contributed by atoms with E-state index in [1.54, 1.807) is 12.1 Å². The largest absolute Gasteiger partial charge is 0.326 e. The van der Waals surface area contributed by atoms with Crippen LogP contribution < -0.4 is 5.73 Å². The smallest absolute Gasteiger partial charge is 0.175 e. The lowest BCUT2D eigenvalue weighted by Crippen LogP contribution is -2.44. The van der Waals surface area contributed by atoms with E-state index in [0.717, 1.165) is 6.26 Å². The zero-order valence-corrected chi connectivity index (χ0v) is 15.3. The molecule has 0 fully saturated rings. The Morgan fingerprint density at radius 3 is 2.67 bits per heavy atom. The molecule has 0 saturated heterocycles. The summed E-state index contributed by atoms with van der Waals surface area (Å²) < 4.78 is 66.7. The van der Waals surface area contributed by atoms with Gasteiger partial charge in [0, 0.05) is 43.7 Å². The van der Waals surface area contributed by atoms with Gasteiger partial charge in [0.15, 0.2) is 15.7 Å². The number of hydrogen-bond donors (Lipinski definition) is 1. The van der Waals surface area contributed by atoms with Gasteiger partial charge in [-0.15, -0.1) is 0 Å². The average molecular weight is 397 g/mol. The lowest BCUT2D eigenvalue weighted by Gasteiger charge is -2.35. The van der Waals surface area contributed by atoms with Gasteiger partial charge in [0.05, 0.1) is 15.9 Å². The third kappa shape index (κ3) is 3.08. The van der Waals surface area contributed by atoms with Crippen molar-refractivity contribution in [3.05, 3.63) is 47.6 Å². The van der Waals surface area contributed by atoms with Crippen LogP contribution in [0.15, 0.2) is 46.7 Å². The van der Waals surface area contributed by atoms with Gasteiger partial charge >= 0.3 is 0 Å². The number of fused-ring (bicyclic) bond motifs is 3. The second-order valence-corrected chi connectivity index (χ2v) is 9.20. The van der Waals surface area contributed by atoms with E-state index >= 15 is 0 Å². The third-order valence-corrected chi connectivity index (χ3v) is 6.49.